The second-order valence-electron chi connectivity index (χ2n) is 3.55. The van der Waals surface area contributed by atoms with Crippen molar-refractivity contribution in [1.82, 2.24) is 14.5 Å². The highest BCUT2D eigenvalue weighted by Crippen LogP contribution is 2.18. The lowest BCUT2D eigenvalue weighted by atomic mass is 10.1. The number of aromatic nitrogens is 3. The van der Waals surface area contributed by atoms with E-state index in [2.05, 4.69) is 9.97 Å². The van der Waals surface area contributed by atoms with E-state index in [1.807, 2.05) is 36.7 Å². The maximum absolute atomic E-state index is 5.90. The molecule has 0 aliphatic heterocycles. The smallest absolute Gasteiger partial charge is 0.142 e. The van der Waals surface area contributed by atoms with Gasteiger partial charge in [0.25, 0.3) is 0 Å². The molecule has 0 aliphatic rings. The summed E-state index contributed by atoms with van der Waals surface area (Å²) >= 11 is 0. The van der Waals surface area contributed by atoms with Crippen molar-refractivity contribution in [3.8, 4) is 5.82 Å². The normalized spacial score (nSPS) is 12.7. The first-order valence-corrected chi connectivity index (χ1v) is 4.91. The molecule has 0 spiro atoms. The zero-order chi connectivity index (χ0) is 10.8. The van der Waals surface area contributed by atoms with Crippen molar-refractivity contribution < 1.29 is 0 Å². The van der Waals surface area contributed by atoms with Gasteiger partial charge in [-0.15, -0.1) is 0 Å². The number of rotatable bonds is 2. The number of nitrogens with two attached hydrogens (primary N) is 1. The van der Waals surface area contributed by atoms with Gasteiger partial charge in [-0.1, -0.05) is 6.07 Å². The summed E-state index contributed by atoms with van der Waals surface area (Å²) in [6.07, 6.45) is 5.42. The Morgan fingerprint density at radius 2 is 2.13 bits per heavy atom. The minimum Gasteiger partial charge on any atom is -0.324 e. The van der Waals surface area contributed by atoms with Gasteiger partial charge in [-0.05, 0) is 19.9 Å². The van der Waals surface area contributed by atoms with Crippen LogP contribution in [0.25, 0.3) is 5.82 Å². The van der Waals surface area contributed by atoms with Gasteiger partial charge in [0.1, 0.15) is 11.6 Å². The van der Waals surface area contributed by atoms with Crippen LogP contribution in [0.2, 0.25) is 0 Å². The van der Waals surface area contributed by atoms with Gasteiger partial charge in [-0.2, -0.15) is 0 Å². The molecule has 0 amide bonds. The average molecular weight is 202 g/mol. The van der Waals surface area contributed by atoms with E-state index in [-0.39, 0.29) is 6.04 Å². The van der Waals surface area contributed by atoms with E-state index in [0.29, 0.717) is 0 Å². The van der Waals surface area contributed by atoms with Crippen LogP contribution in [0.3, 0.4) is 0 Å². The van der Waals surface area contributed by atoms with E-state index >= 15 is 0 Å². The van der Waals surface area contributed by atoms with Crippen LogP contribution in [0.4, 0.5) is 0 Å². The van der Waals surface area contributed by atoms with Crippen molar-refractivity contribution in [2.75, 3.05) is 0 Å². The third-order valence-electron chi connectivity index (χ3n) is 2.36. The molecule has 4 nitrogen and oxygen atoms in total. The van der Waals surface area contributed by atoms with Gasteiger partial charge >= 0.3 is 0 Å². The van der Waals surface area contributed by atoms with E-state index < -0.39 is 0 Å². The molecule has 2 N–H and O–H groups in total. The molecule has 0 aliphatic carbocycles. The van der Waals surface area contributed by atoms with E-state index in [4.69, 9.17) is 5.73 Å². The summed E-state index contributed by atoms with van der Waals surface area (Å²) in [7, 11) is 0. The van der Waals surface area contributed by atoms with Gasteiger partial charge in [0, 0.05) is 30.2 Å². The predicted octanol–water partition coefficient (Wildman–Crippen LogP) is 1.60. The molecular weight excluding hydrogens is 188 g/mol. The summed E-state index contributed by atoms with van der Waals surface area (Å²) in [5, 5.41) is 0. The standard InChI is InChI=1S/C11H14N4/c1-8(12)10-4-3-5-14-11(10)15-7-6-13-9(15)2/h3-8H,12H2,1-2H3/t8-/m1/s1. The molecule has 2 heterocycles. The molecule has 2 aromatic rings. The van der Waals surface area contributed by atoms with Crippen LogP contribution in [0, 0.1) is 6.92 Å². The molecule has 78 valence electrons. The SMILES string of the molecule is Cc1nccn1-c1ncccc1[C@@H](C)N. The van der Waals surface area contributed by atoms with Gasteiger partial charge in [-0.3, -0.25) is 4.57 Å². The Kier molecular flexibility index (Phi) is 2.51. The Bertz CT molecular complexity index is 459. The Balaban J connectivity index is 2.58. The van der Waals surface area contributed by atoms with Gasteiger partial charge in [0.05, 0.1) is 0 Å². The third-order valence-corrected chi connectivity index (χ3v) is 2.36. The lowest BCUT2D eigenvalue weighted by Gasteiger charge is -2.12. The highest BCUT2D eigenvalue weighted by atomic mass is 15.1. The van der Waals surface area contributed by atoms with Crippen molar-refractivity contribution in [3.63, 3.8) is 0 Å². The van der Waals surface area contributed by atoms with Crippen LogP contribution in [0.5, 0.6) is 0 Å². The molecule has 2 aromatic heterocycles. The Hall–Kier alpha value is -1.68. The summed E-state index contributed by atoms with van der Waals surface area (Å²) in [4.78, 5) is 8.52. The van der Waals surface area contributed by atoms with E-state index in [1.165, 1.54) is 0 Å². The second kappa shape index (κ2) is 3.82. The van der Waals surface area contributed by atoms with Crippen molar-refractivity contribution in [2.24, 2.45) is 5.73 Å². The van der Waals surface area contributed by atoms with E-state index in [9.17, 15) is 0 Å². The summed E-state index contributed by atoms with van der Waals surface area (Å²) in [6.45, 7) is 3.90. The van der Waals surface area contributed by atoms with Gasteiger partial charge in [-0.25, -0.2) is 9.97 Å². The Labute approximate surface area is 88.8 Å². The average Bonchev–Trinajstić information content (AvgIpc) is 2.64. The van der Waals surface area contributed by atoms with Crippen LogP contribution in [0.1, 0.15) is 24.4 Å². The molecule has 0 unspecified atom stereocenters. The first-order chi connectivity index (χ1) is 7.20. The molecule has 0 bridgehead atoms. The number of hydrogen-bond donors (Lipinski definition) is 1. The number of pyridine rings is 1. The molecule has 0 fully saturated rings. The predicted molar refractivity (Wildman–Crippen MR) is 58.7 cm³/mol. The highest BCUT2D eigenvalue weighted by molar-refractivity contribution is 5.36. The molecule has 4 heteroatoms. The van der Waals surface area contributed by atoms with Crippen LogP contribution < -0.4 is 5.73 Å². The minimum atomic E-state index is -0.0319. The van der Waals surface area contributed by atoms with Gasteiger partial charge in [0.15, 0.2) is 0 Å². The van der Waals surface area contributed by atoms with Crippen molar-refractivity contribution >= 4 is 0 Å². The Morgan fingerprint density at radius 1 is 1.33 bits per heavy atom. The lowest BCUT2D eigenvalue weighted by Crippen LogP contribution is -2.11. The van der Waals surface area contributed by atoms with Gasteiger partial charge in [0.2, 0.25) is 0 Å². The molecular formula is C11H14N4. The molecule has 0 saturated heterocycles. The maximum Gasteiger partial charge on any atom is 0.142 e. The van der Waals surface area contributed by atoms with Crippen LogP contribution >= 0.6 is 0 Å². The summed E-state index contributed by atoms with van der Waals surface area (Å²) < 4.78 is 1.94. The fourth-order valence-electron chi connectivity index (χ4n) is 1.57. The fraction of sp³-hybridized carbons (Fsp3) is 0.273. The summed E-state index contributed by atoms with van der Waals surface area (Å²) in [6, 6.07) is 3.86. The van der Waals surface area contributed by atoms with Crippen LogP contribution in [-0.4, -0.2) is 14.5 Å². The molecule has 0 radical (unpaired) electrons. The molecule has 15 heavy (non-hydrogen) atoms. The lowest BCUT2D eigenvalue weighted by molar-refractivity contribution is 0.784. The third kappa shape index (κ3) is 1.76. The topological polar surface area (TPSA) is 56.7 Å². The molecule has 1 atom stereocenters. The van der Waals surface area contributed by atoms with Crippen molar-refractivity contribution in [2.45, 2.75) is 19.9 Å². The van der Waals surface area contributed by atoms with Gasteiger partial charge < -0.3 is 5.73 Å². The largest absolute Gasteiger partial charge is 0.324 e. The number of nitrogens with zero attached hydrogens (tertiary/aromatic N) is 3. The number of hydrogen-bond acceptors (Lipinski definition) is 3. The monoisotopic (exact) mass is 202 g/mol. The highest BCUT2D eigenvalue weighted by Gasteiger charge is 2.10. The molecule has 0 saturated carbocycles. The van der Waals surface area contributed by atoms with Crippen molar-refractivity contribution in [3.05, 3.63) is 42.1 Å². The number of imidazole rings is 1. The zero-order valence-corrected chi connectivity index (χ0v) is 8.88. The quantitative estimate of drug-likeness (QED) is 0.804. The summed E-state index contributed by atoms with van der Waals surface area (Å²) in [5.74, 6) is 1.78. The second-order valence-corrected chi connectivity index (χ2v) is 3.55. The first-order valence-electron chi connectivity index (χ1n) is 4.91. The first kappa shape index (κ1) is 9.86. The van der Waals surface area contributed by atoms with E-state index in [1.54, 1.807) is 12.4 Å². The Morgan fingerprint density at radius 3 is 2.73 bits per heavy atom. The number of aryl methyl sites for hydroxylation is 1. The summed E-state index contributed by atoms with van der Waals surface area (Å²) in [5.41, 5.74) is 6.92. The fourth-order valence-corrected chi connectivity index (χ4v) is 1.57. The van der Waals surface area contributed by atoms with Crippen LogP contribution in [0.15, 0.2) is 30.7 Å². The van der Waals surface area contributed by atoms with E-state index in [0.717, 1.165) is 17.2 Å². The maximum atomic E-state index is 5.90. The molecule has 2 rings (SSSR count). The van der Waals surface area contributed by atoms with Crippen molar-refractivity contribution in [1.29, 1.82) is 0 Å². The minimum absolute atomic E-state index is 0.0319. The zero-order valence-electron chi connectivity index (χ0n) is 8.88. The van der Waals surface area contributed by atoms with Crippen LogP contribution in [-0.2, 0) is 0 Å². The molecule has 0 aromatic carbocycles.